The van der Waals surface area contributed by atoms with Gasteiger partial charge in [-0.15, -0.1) is 11.3 Å². The topological polar surface area (TPSA) is 30.0 Å². The first-order valence-electron chi connectivity index (χ1n) is 6.72. The molecule has 2 nitrogen and oxygen atoms in total. The molecule has 0 aliphatic carbocycles. The summed E-state index contributed by atoms with van der Waals surface area (Å²) in [6.45, 7) is 2.10. The summed E-state index contributed by atoms with van der Waals surface area (Å²) in [5, 5.41) is 1.13. The predicted octanol–water partition coefficient (Wildman–Crippen LogP) is 4.28. The van der Waals surface area contributed by atoms with Gasteiger partial charge in [-0.25, -0.2) is 0 Å². The highest BCUT2D eigenvalue weighted by atomic mass is 32.1. The van der Waals surface area contributed by atoms with Crippen LogP contribution in [0.5, 0.6) is 0 Å². The van der Waals surface area contributed by atoms with Gasteiger partial charge in [0.2, 0.25) is 0 Å². The molecule has 3 rings (SSSR count). The molecule has 3 aromatic rings. The number of hydrogen-bond acceptors (Lipinski definition) is 3. The highest BCUT2D eigenvalue weighted by molar-refractivity contribution is 7.20. The Kier molecular flexibility index (Phi) is 3.61. The van der Waals surface area contributed by atoms with E-state index in [0.29, 0.717) is 6.42 Å². The van der Waals surface area contributed by atoms with Gasteiger partial charge < -0.3 is 0 Å². The highest BCUT2D eigenvalue weighted by Gasteiger charge is 2.11. The van der Waals surface area contributed by atoms with Gasteiger partial charge in [-0.3, -0.25) is 9.78 Å². The molecule has 20 heavy (non-hydrogen) atoms. The summed E-state index contributed by atoms with van der Waals surface area (Å²) in [5.41, 5.74) is 2.03. The van der Waals surface area contributed by atoms with Gasteiger partial charge in [0.25, 0.3) is 0 Å². The number of benzene rings is 1. The molecule has 0 aliphatic rings. The van der Waals surface area contributed by atoms with Crippen molar-refractivity contribution in [2.75, 3.05) is 0 Å². The van der Waals surface area contributed by atoms with Crippen molar-refractivity contribution >= 4 is 27.2 Å². The van der Waals surface area contributed by atoms with Gasteiger partial charge >= 0.3 is 0 Å². The maximum atomic E-state index is 12.3. The average Bonchev–Trinajstić information content (AvgIpc) is 2.92. The highest BCUT2D eigenvalue weighted by Crippen LogP contribution is 2.26. The molecule has 2 heterocycles. The monoisotopic (exact) mass is 281 g/mol. The van der Waals surface area contributed by atoms with Crippen LogP contribution in [0.1, 0.15) is 27.9 Å². The quantitative estimate of drug-likeness (QED) is 0.668. The fraction of sp³-hybridized carbons (Fsp3) is 0.176. The molecule has 3 heteroatoms. The molecule has 0 saturated carbocycles. The van der Waals surface area contributed by atoms with Crippen molar-refractivity contribution in [2.45, 2.75) is 19.8 Å². The van der Waals surface area contributed by atoms with Crippen molar-refractivity contribution in [3.63, 3.8) is 0 Å². The smallest absolute Gasteiger partial charge is 0.178 e. The molecule has 0 atom stereocenters. The van der Waals surface area contributed by atoms with E-state index in [1.54, 1.807) is 11.3 Å². The third-order valence-corrected chi connectivity index (χ3v) is 4.49. The Morgan fingerprint density at radius 2 is 2.05 bits per heavy atom. The lowest BCUT2D eigenvalue weighted by Crippen LogP contribution is -2.03. The number of carbonyl (C=O) groups is 1. The second-order valence-electron chi connectivity index (χ2n) is 4.76. The minimum absolute atomic E-state index is 0.142. The van der Waals surface area contributed by atoms with Gasteiger partial charge in [0, 0.05) is 16.6 Å². The number of pyridine rings is 1. The van der Waals surface area contributed by atoms with Gasteiger partial charge in [-0.2, -0.15) is 0 Å². The number of aryl methyl sites for hydroxylation is 1. The van der Waals surface area contributed by atoms with E-state index in [0.717, 1.165) is 27.1 Å². The minimum atomic E-state index is 0.142. The number of ketones is 1. The van der Waals surface area contributed by atoms with Crippen LogP contribution in [0.3, 0.4) is 0 Å². The third-order valence-electron chi connectivity index (χ3n) is 3.34. The molecule has 0 N–H and O–H groups in total. The molecule has 0 unspecified atom stereocenters. The van der Waals surface area contributed by atoms with Crippen LogP contribution in [0.2, 0.25) is 0 Å². The summed E-state index contributed by atoms with van der Waals surface area (Å²) in [6, 6.07) is 14.0. The molecule has 0 aliphatic heterocycles. The molecule has 0 saturated heterocycles. The van der Waals surface area contributed by atoms with Crippen LogP contribution in [0, 0.1) is 0 Å². The van der Waals surface area contributed by atoms with Crippen LogP contribution in [-0.2, 0) is 12.8 Å². The SMILES string of the molecule is CCc1ccc(CC(=O)c2cc3ccccc3s2)nc1. The molecule has 2 aromatic heterocycles. The Morgan fingerprint density at radius 1 is 1.20 bits per heavy atom. The van der Waals surface area contributed by atoms with Crippen molar-refractivity contribution in [1.29, 1.82) is 0 Å². The lowest BCUT2D eigenvalue weighted by atomic mass is 10.1. The number of fused-ring (bicyclic) bond motifs is 1. The zero-order valence-corrected chi connectivity index (χ0v) is 12.1. The number of hydrogen-bond donors (Lipinski definition) is 0. The van der Waals surface area contributed by atoms with Crippen molar-refractivity contribution < 1.29 is 4.79 Å². The van der Waals surface area contributed by atoms with Crippen LogP contribution in [-0.4, -0.2) is 10.8 Å². The van der Waals surface area contributed by atoms with E-state index in [9.17, 15) is 4.79 Å². The van der Waals surface area contributed by atoms with Gasteiger partial charge in [0.1, 0.15) is 0 Å². The van der Waals surface area contributed by atoms with E-state index >= 15 is 0 Å². The van der Waals surface area contributed by atoms with E-state index in [1.807, 2.05) is 48.7 Å². The first-order valence-corrected chi connectivity index (χ1v) is 7.53. The summed E-state index contributed by atoms with van der Waals surface area (Å²) in [7, 11) is 0. The summed E-state index contributed by atoms with van der Waals surface area (Å²) in [6.07, 6.45) is 3.20. The second kappa shape index (κ2) is 5.55. The van der Waals surface area contributed by atoms with Gasteiger partial charge in [0.05, 0.1) is 11.3 Å². The first kappa shape index (κ1) is 13.0. The van der Waals surface area contributed by atoms with Crippen LogP contribution in [0.25, 0.3) is 10.1 Å². The van der Waals surface area contributed by atoms with Crippen LogP contribution >= 0.6 is 11.3 Å². The number of carbonyl (C=O) groups excluding carboxylic acids is 1. The first-order chi connectivity index (χ1) is 9.76. The lowest BCUT2D eigenvalue weighted by molar-refractivity contribution is 0.0996. The van der Waals surface area contributed by atoms with Crippen LogP contribution in [0.15, 0.2) is 48.7 Å². The van der Waals surface area contributed by atoms with Crippen molar-refractivity contribution in [1.82, 2.24) is 4.98 Å². The Hall–Kier alpha value is -2.00. The zero-order chi connectivity index (χ0) is 13.9. The molecule has 0 fully saturated rings. The normalized spacial score (nSPS) is 10.8. The Labute approximate surface area is 122 Å². The molecule has 100 valence electrons. The van der Waals surface area contributed by atoms with E-state index in [-0.39, 0.29) is 5.78 Å². The Balaban J connectivity index is 1.81. The van der Waals surface area contributed by atoms with Gasteiger partial charge in [0.15, 0.2) is 5.78 Å². The average molecular weight is 281 g/mol. The predicted molar refractivity (Wildman–Crippen MR) is 83.5 cm³/mol. The van der Waals surface area contributed by atoms with E-state index in [1.165, 1.54) is 5.56 Å². The number of thiophene rings is 1. The molecule has 0 spiro atoms. The summed E-state index contributed by atoms with van der Waals surface area (Å²) in [5.74, 6) is 0.142. The van der Waals surface area contributed by atoms with E-state index in [4.69, 9.17) is 0 Å². The molecule has 0 radical (unpaired) electrons. The number of nitrogens with zero attached hydrogens (tertiary/aromatic N) is 1. The van der Waals surface area contributed by atoms with Crippen molar-refractivity contribution in [2.24, 2.45) is 0 Å². The number of rotatable bonds is 4. The second-order valence-corrected chi connectivity index (χ2v) is 5.84. The largest absolute Gasteiger partial charge is 0.293 e. The molecule has 0 amide bonds. The van der Waals surface area contributed by atoms with Gasteiger partial charge in [-0.05, 0) is 35.6 Å². The third kappa shape index (κ3) is 2.63. The van der Waals surface area contributed by atoms with Crippen LogP contribution < -0.4 is 0 Å². The Bertz CT molecular complexity index is 710. The standard InChI is InChI=1S/C17H15NOS/c1-2-12-7-8-14(18-11-12)10-15(19)17-9-13-5-3-4-6-16(13)20-17/h3-9,11H,2,10H2,1H3. The molecular formula is C17H15NOS. The van der Waals surface area contributed by atoms with E-state index in [2.05, 4.69) is 11.9 Å². The summed E-state index contributed by atoms with van der Waals surface area (Å²) in [4.78, 5) is 17.5. The molecule has 0 bridgehead atoms. The fourth-order valence-corrected chi connectivity index (χ4v) is 3.14. The lowest BCUT2D eigenvalue weighted by Gasteiger charge is -2.00. The number of Topliss-reactive ketones (excluding diaryl/α,β-unsaturated/α-hetero) is 1. The summed E-state index contributed by atoms with van der Waals surface area (Å²) < 4.78 is 1.16. The maximum Gasteiger partial charge on any atom is 0.178 e. The Morgan fingerprint density at radius 3 is 2.75 bits per heavy atom. The van der Waals surface area contributed by atoms with Crippen molar-refractivity contribution in [3.8, 4) is 0 Å². The number of aromatic nitrogens is 1. The summed E-state index contributed by atoms with van der Waals surface area (Å²) >= 11 is 1.55. The van der Waals surface area contributed by atoms with Crippen LogP contribution in [0.4, 0.5) is 0 Å². The fourth-order valence-electron chi connectivity index (χ4n) is 2.14. The van der Waals surface area contributed by atoms with Crippen molar-refractivity contribution in [3.05, 3.63) is 64.8 Å². The minimum Gasteiger partial charge on any atom is -0.293 e. The van der Waals surface area contributed by atoms with Gasteiger partial charge in [-0.1, -0.05) is 31.2 Å². The van der Waals surface area contributed by atoms with E-state index < -0.39 is 0 Å². The zero-order valence-electron chi connectivity index (χ0n) is 11.3. The molecular weight excluding hydrogens is 266 g/mol. The molecule has 1 aromatic carbocycles. The maximum absolute atomic E-state index is 12.3.